The van der Waals surface area contributed by atoms with Crippen LogP contribution in [-0.2, 0) is 6.42 Å². The van der Waals surface area contributed by atoms with E-state index in [0.29, 0.717) is 0 Å². The van der Waals surface area contributed by atoms with E-state index >= 15 is 0 Å². The van der Waals surface area contributed by atoms with Gasteiger partial charge in [-0.15, -0.1) is 0 Å². The van der Waals surface area contributed by atoms with Crippen LogP contribution in [0.15, 0.2) is 40.9 Å². The molecule has 104 valence electrons. The number of hydrogen-bond donors (Lipinski definition) is 1. The van der Waals surface area contributed by atoms with Gasteiger partial charge in [0.1, 0.15) is 11.9 Å². The van der Waals surface area contributed by atoms with Crippen molar-refractivity contribution in [3.05, 3.63) is 61.1 Å². The molecule has 2 nitrogen and oxygen atoms in total. The minimum atomic E-state index is -0.619. The Kier molecular flexibility index (Phi) is 4.33. The summed E-state index contributed by atoms with van der Waals surface area (Å²) in [7, 11) is 0. The monoisotopic (exact) mass is 444 g/mol. The van der Waals surface area contributed by atoms with E-state index in [0.717, 1.165) is 44.4 Å². The highest BCUT2D eigenvalue weighted by Crippen LogP contribution is 2.33. The lowest BCUT2D eigenvalue weighted by atomic mass is 9.97. The number of benzene rings is 2. The molecule has 0 radical (unpaired) electrons. The average Bonchev–Trinajstić information content (AvgIpc) is 2.48. The Labute approximate surface area is 140 Å². The van der Waals surface area contributed by atoms with Gasteiger partial charge in [-0.05, 0) is 76.9 Å². The molecule has 2 aromatic rings. The molecule has 3 rings (SSSR count). The first-order valence-electron chi connectivity index (χ1n) is 6.54. The van der Waals surface area contributed by atoms with Gasteiger partial charge in [0.25, 0.3) is 0 Å². The van der Waals surface area contributed by atoms with E-state index in [1.54, 1.807) is 0 Å². The molecule has 1 aliphatic heterocycles. The van der Waals surface area contributed by atoms with Crippen LogP contribution in [-0.4, -0.2) is 11.7 Å². The average molecular weight is 445 g/mol. The van der Waals surface area contributed by atoms with Crippen LogP contribution in [0.4, 0.5) is 0 Å². The summed E-state index contributed by atoms with van der Waals surface area (Å²) in [6.45, 7) is 0.789. The van der Waals surface area contributed by atoms with Crippen LogP contribution in [0.1, 0.15) is 29.2 Å². The van der Waals surface area contributed by atoms with Gasteiger partial charge in [0, 0.05) is 13.6 Å². The van der Waals surface area contributed by atoms with Crippen LogP contribution < -0.4 is 4.74 Å². The number of hydrogen-bond acceptors (Lipinski definition) is 2. The van der Waals surface area contributed by atoms with Crippen LogP contribution in [0.3, 0.4) is 0 Å². The van der Waals surface area contributed by atoms with E-state index in [4.69, 9.17) is 4.74 Å². The Hall–Kier alpha value is -0.590. The summed E-state index contributed by atoms with van der Waals surface area (Å²) in [5.74, 6) is 0.953. The van der Waals surface area contributed by atoms with E-state index in [9.17, 15) is 5.11 Å². The summed E-state index contributed by atoms with van der Waals surface area (Å²) in [5, 5.41) is 10.6. The van der Waals surface area contributed by atoms with E-state index in [1.165, 1.54) is 5.56 Å². The molecule has 1 unspecified atom stereocenters. The minimum absolute atomic E-state index is 0.619. The third kappa shape index (κ3) is 2.87. The molecule has 1 atom stereocenters. The summed E-state index contributed by atoms with van der Waals surface area (Å²) < 4.78 is 7.66. The molecule has 1 aliphatic rings. The lowest BCUT2D eigenvalue weighted by Crippen LogP contribution is -2.10. The Morgan fingerprint density at radius 2 is 2.05 bits per heavy atom. The minimum Gasteiger partial charge on any atom is -0.493 e. The molecule has 0 aliphatic carbocycles. The van der Waals surface area contributed by atoms with E-state index in [2.05, 4.69) is 44.6 Å². The Balaban J connectivity index is 1.97. The maximum atomic E-state index is 10.6. The number of aryl methyl sites for hydroxylation is 1. The number of halogens is 2. The molecule has 1 N–H and O–H groups in total. The largest absolute Gasteiger partial charge is 0.493 e. The summed E-state index contributed by atoms with van der Waals surface area (Å²) in [6, 6.07) is 12.0. The maximum absolute atomic E-state index is 10.6. The van der Waals surface area contributed by atoms with Crippen molar-refractivity contribution in [2.45, 2.75) is 18.9 Å². The lowest BCUT2D eigenvalue weighted by Gasteiger charge is -2.20. The molecule has 0 spiro atoms. The van der Waals surface area contributed by atoms with E-state index in [-0.39, 0.29) is 0 Å². The van der Waals surface area contributed by atoms with Crippen molar-refractivity contribution < 1.29 is 9.84 Å². The fraction of sp³-hybridized carbons (Fsp3) is 0.250. The zero-order valence-electron chi connectivity index (χ0n) is 10.8. The highest BCUT2D eigenvalue weighted by molar-refractivity contribution is 14.1. The zero-order chi connectivity index (χ0) is 14.1. The second kappa shape index (κ2) is 6.03. The lowest BCUT2D eigenvalue weighted by molar-refractivity contribution is 0.218. The molecule has 0 amide bonds. The van der Waals surface area contributed by atoms with Crippen molar-refractivity contribution in [1.29, 1.82) is 0 Å². The Bertz CT molecular complexity index is 642. The molecule has 0 saturated carbocycles. The Morgan fingerprint density at radius 1 is 1.20 bits per heavy atom. The van der Waals surface area contributed by atoms with Crippen LogP contribution in [0.2, 0.25) is 0 Å². The molecule has 0 saturated heterocycles. The summed E-state index contributed by atoms with van der Waals surface area (Å²) in [6.07, 6.45) is 1.44. The SMILES string of the molecule is OC(c1ccc2c(c1)CCCO2)c1cc(I)ccc1Br. The Morgan fingerprint density at radius 3 is 2.90 bits per heavy atom. The first-order chi connectivity index (χ1) is 9.65. The first-order valence-corrected chi connectivity index (χ1v) is 8.41. The second-order valence-electron chi connectivity index (χ2n) is 4.89. The number of aliphatic hydroxyl groups is 1. The highest BCUT2D eigenvalue weighted by atomic mass is 127. The van der Waals surface area contributed by atoms with Crippen LogP contribution in [0, 0.1) is 3.57 Å². The van der Waals surface area contributed by atoms with Crippen LogP contribution in [0.5, 0.6) is 5.75 Å². The molecule has 4 heteroatoms. The molecular weight excluding hydrogens is 431 g/mol. The highest BCUT2D eigenvalue weighted by Gasteiger charge is 2.17. The number of aliphatic hydroxyl groups excluding tert-OH is 1. The summed E-state index contributed by atoms with van der Waals surface area (Å²) >= 11 is 5.77. The van der Waals surface area contributed by atoms with Gasteiger partial charge in [-0.25, -0.2) is 0 Å². The molecule has 0 aromatic heterocycles. The van der Waals surface area contributed by atoms with Gasteiger partial charge in [0.2, 0.25) is 0 Å². The zero-order valence-corrected chi connectivity index (χ0v) is 14.5. The van der Waals surface area contributed by atoms with Gasteiger partial charge in [0.15, 0.2) is 0 Å². The predicted octanol–water partition coefficient (Wildman–Crippen LogP) is 4.46. The third-order valence-corrected chi connectivity index (χ3v) is 4.89. The second-order valence-corrected chi connectivity index (χ2v) is 6.99. The van der Waals surface area contributed by atoms with Gasteiger partial charge in [0.05, 0.1) is 6.61 Å². The van der Waals surface area contributed by atoms with Crippen molar-refractivity contribution in [3.63, 3.8) is 0 Å². The molecule has 0 bridgehead atoms. The van der Waals surface area contributed by atoms with Gasteiger partial charge in [-0.1, -0.05) is 22.0 Å². The topological polar surface area (TPSA) is 29.5 Å². The van der Waals surface area contributed by atoms with Gasteiger partial charge in [-0.2, -0.15) is 0 Å². The third-order valence-electron chi connectivity index (χ3n) is 3.50. The standard InChI is InChI=1S/C16H14BrIO2/c17-14-5-4-12(18)9-13(14)16(19)11-3-6-15-10(8-11)2-1-7-20-15/h3-6,8-9,16,19H,1-2,7H2. The van der Waals surface area contributed by atoms with Crippen molar-refractivity contribution in [1.82, 2.24) is 0 Å². The summed E-state index contributed by atoms with van der Waals surface area (Å²) in [5.41, 5.74) is 3.00. The van der Waals surface area contributed by atoms with Gasteiger partial charge in [-0.3, -0.25) is 0 Å². The van der Waals surface area contributed by atoms with E-state index < -0.39 is 6.10 Å². The summed E-state index contributed by atoms with van der Waals surface area (Å²) in [4.78, 5) is 0. The van der Waals surface area contributed by atoms with Crippen molar-refractivity contribution in [2.75, 3.05) is 6.61 Å². The fourth-order valence-electron chi connectivity index (χ4n) is 2.45. The van der Waals surface area contributed by atoms with Gasteiger partial charge >= 0.3 is 0 Å². The van der Waals surface area contributed by atoms with E-state index in [1.807, 2.05) is 30.3 Å². The molecule has 1 heterocycles. The molecule has 0 fully saturated rings. The van der Waals surface area contributed by atoms with Crippen molar-refractivity contribution in [3.8, 4) is 5.75 Å². The number of rotatable bonds is 2. The molecule has 20 heavy (non-hydrogen) atoms. The van der Waals surface area contributed by atoms with Crippen molar-refractivity contribution in [2.24, 2.45) is 0 Å². The molecule has 2 aromatic carbocycles. The normalized spacial score (nSPS) is 15.3. The maximum Gasteiger partial charge on any atom is 0.122 e. The number of ether oxygens (including phenoxy) is 1. The predicted molar refractivity (Wildman–Crippen MR) is 91.2 cm³/mol. The van der Waals surface area contributed by atoms with Crippen LogP contribution in [0.25, 0.3) is 0 Å². The quantitative estimate of drug-likeness (QED) is 0.693. The molecular formula is C16H14BrIO2. The van der Waals surface area contributed by atoms with Gasteiger partial charge < -0.3 is 9.84 Å². The smallest absolute Gasteiger partial charge is 0.122 e. The first kappa shape index (κ1) is 14.4. The van der Waals surface area contributed by atoms with Crippen molar-refractivity contribution >= 4 is 38.5 Å². The number of fused-ring (bicyclic) bond motifs is 1. The fourth-order valence-corrected chi connectivity index (χ4v) is 3.43. The van der Waals surface area contributed by atoms with Crippen LogP contribution >= 0.6 is 38.5 Å².